The Labute approximate surface area is 187 Å². The number of carbonyl (C=O) groups is 1. The van der Waals surface area contributed by atoms with E-state index in [0.29, 0.717) is 31.1 Å². The molecule has 0 saturated carbocycles. The number of ether oxygens (including phenoxy) is 2. The highest BCUT2D eigenvalue weighted by Gasteiger charge is 2.28. The van der Waals surface area contributed by atoms with Gasteiger partial charge in [-0.1, -0.05) is 17.7 Å². The second-order valence-electron chi connectivity index (χ2n) is 7.68. The fraction of sp³-hybridized carbons (Fsp3) is 0.409. The molecule has 0 radical (unpaired) electrons. The first-order valence-corrected chi connectivity index (χ1v) is 12.2. The number of rotatable bonds is 7. The molecule has 4 rings (SSSR count). The minimum Gasteiger partial charge on any atom is -0.491 e. The average Bonchev–Trinajstić information content (AvgIpc) is 3.47. The van der Waals surface area contributed by atoms with Crippen LogP contribution in [0.25, 0.3) is 0 Å². The Hall–Kier alpha value is -2.13. The van der Waals surface area contributed by atoms with E-state index in [1.54, 1.807) is 24.3 Å². The van der Waals surface area contributed by atoms with Crippen LogP contribution in [-0.4, -0.2) is 51.0 Å². The van der Waals surface area contributed by atoms with Crippen molar-refractivity contribution in [2.75, 3.05) is 31.6 Å². The van der Waals surface area contributed by atoms with Gasteiger partial charge in [-0.25, -0.2) is 8.42 Å². The van der Waals surface area contributed by atoms with Crippen molar-refractivity contribution in [1.29, 1.82) is 0 Å². The van der Waals surface area contributed by atoms with Crippen LogP contribution in [0.15, 0.2) is 47.4 Å². The Balaban J connectivity index is 1.47. The molecule has 2 aliphatic rings. The lowest BCUT2D eigenvalue weighted by Crippen LogP contribution is -2.28. The molecule has 31 heavy (non-hydrogen) atoms. The maximum Gasteiger partial charge on any atom is 0.257 e. The summed E-state index contributed by atoms with van der Waals surface area (Å²) in [6.45, 7) is 2.20. The third kappa shape index (κ3) is 5.20. The second-order valence-corrected chi connectivity index (χ2v) is 10.0. The van der Waals surface area contributed by atoms with Gasteiger partial charge >= 0.3 is 0 Å². The van der Waals surface area contributed by atoms with Gasteiger partial charge < -0.3 is 14.8 Å². The van der Waals surface area contributed by atoms with Crippen molar-refractivity contribution >= 4 is 33.2 Å². The highest BCUT2D eigenvalue weighted by atomic mass is 35.5. The molecule has 2 aromatic rings. The van der Waals surface area contributed by atoms with Gasteiger partial charge in [-0.15, -0.1) is 0 Å². The van der Waals surface area contributed by atoms with Crippen molar-refractivity contribution in [3.05, 3.63) is 53.1 Å². The Morgan fingerprint density at radius 2 is 1.97 bits per heavy atom. The topological polar surface area (TPSA) is 84.9 Å². The van der Waals surface area contributed by atoms with Gasteiger partial charge in [0, 0.05) is 31.5 Å². The number of hydrogen-bond acceptors (Lipinski definition) is 5. The van der Waals surface area contributed by atoms with Crippen LogP contribution in [0.1, 0.15) is 36.0 Å². The molecule has 9 heteroatoms. The zero-order chi connectivity index (χ0) is 21.8. The first kappa shape index (κ1) is 22.1. The van der Waals surface area contributed by atoms with Gasteiger partial charge in [0.1, 0.15) is 12.4 Å². The molecule has 2 fully saturated rings. The number of nitrogens with one attached hydrogen (secondary N) is 1. The molecular formula is C22H25ClN2O5S. The summed E-state index contributed by atoms with van der Waals surface area (Å²) in [6.07, 6.45) is 3.79. The van der Waals surface area contributed by atoms with E-state index < -0.39 is 15.9 Å². The summed E-state index contributed by atoms with van der Waals surface area (Å²) < 4.78 is 38.4. The molecule has 0 aliphatic carbocycles. The van der Waals surface area contributed by atoms with E-state index in [1.807, 2.05) is 0 Å². The van der Waals surface area contributed by atoms with Crippen LogP contribution in [0.3, 0.4) is 0 Å². The van der Waals surface area contributed by atoms with Crippen molar-refractivity contribution < 1.29 is 22.7 Å². The SMILES string of the molecule is O=C(Nc1cccc(OCC2CCCO2)c1)c1cc(S(=O)(=O)N2CCCC2)ccc1Cl. The van der Waals surface area contributed by atoms with E-state index in [9.17, 15) is 13.2 Å². The average molecular weight is 465 g/mol. The van der Waals surface area contributed by atoms with E-state index >= 15 is 0 Å². The highest BCUT2D eigenvalue weighted by molar-refractivity contribution is 7.89. The summed E-state index contributed by atoms with van der Waals surface area (Å²) in [7, 11) is -3.64. The monoisotopic (exact) mass is 464 g/mol. The number of sulfonamides is 1. The second kappa shape index (κ2) is 9.56. The van der Waals surface area contributed by atoms with E-state index in [4.69, 9.17) is 21.1 Å². The molecule has 1 amide bonds. The smallest absolute Gasteiger partial charge is 0.257 e. The first-order chi connectivity index (χ1) is 14.9. The van der Waals surface area contributed by atoms with Crippen LogP contribution in [-0.2, 0) is 14.8 Å². The van der Waals surface area contributed by atoms with Crippen molar-refractivity contribution in [2.24, 2.45) is 0 Å². The standard InChI is InChI=1S/C22H25ClN2O5S/c23-21-9-8-19(31(27,28)25-10-1-2-11-25)14-20(21)22(26)24-16-5-3-6-17(13-16)30-15-18-7-4-12-29-18/h3,5-6,8-9,13-14,18H,1-2,4,7,10-12,15H2,(H,24,26). The number of nitrogens with zero attached hydrogens (tertiary/aromatic N) is 1. The van der Waals surface area contributed by atoms with Crippen LogP contribution in [0, 0.1) is 0 Å². The molecule has 166 valence electrons. The Morgan fingerprint density at radius 1 is 1.16 bits per heavy atom. The van der Waals surface area contributed by atoms with Gasteiger partial charge in [-0.05, 0) is 56.0 Å². The Morgan fingerprint density at radius 3 is 2.71 bits per heavy atom. The molecule has 2 saturated heterocycles. The summed E-state index contributed by atoms with van der Waals surface area (Å²) >= 11 is 6.21. The van der Waals surface area contributed by atoms with Crippen molar-refractivity contribution in [3.63, 3.8) is 0 Å². The normalized spacial score (nSPS) is 19.5. The summed E-state index contributed by atoms with van der Waals surface area (Å²) in [5, 5.41) is 2.96. The number of amides is 1. The van der Waals surface area contributed by atoms with E-state index in [2.05, 4.69) is 5.32 Å². The molecular weight excluding hydrogens is 440 g/mol. The lowest BCUT2D eigenvalue weighted by Gasteiger charge is -2.16. The maximum atomic E-state index is 12.8. The third-order valence-electron chi connectivity index (χ3n) is 5.44. The quantitative estimate of drug-likeness (QED) is 0.671. The van der Waals surface area contributed by atoms with Crippen LogP contribution in [0.2, 0.25) is 5.02 Å². The van der Waals surface area contributed by atoms with Crippen LogP contribution >= 0.6 is 11.6 Å². The summed E-state index contributed by atoms with van der Waals surface area (Å²) in [5.41, 5.74) is 0.631. The van der Waals surface area contributed by atoms with Gasteiger partial charge in [0.2, 0.25) is 10.0 Å². The number of hydrogen-bond donors (Lipinski definition) is 1. The van der Waals surface area contributed by atoms with E-state index in [-0.39, 0.29) is 21.6 Å². The lowest BCUT2D eigenvalue weighted by molar-refractivity contribution is 0.0680. The van der Waals surface area contributed by atoms with Gasteiger partial charge in [-0.2, -0.15) is 4.31 Å². The van der Waals surface area contributed by atoms with Crippen molar-refractivity contribution in [1.82, 2.24) is 4.31 Å². The molecule has 2 aromatic carbocycles. The molecule has 0 spiro atoms. The minimum absolute atomic E-state index is 0.0672. The third-order valence-corrected chi connectivity index (χ3v) is 7.66. The van der Waals surface area contributed by atoms with Crippen LogP contribution in [0.4, 0.5) is 5.69 Å². The zero-order valence-corrected chi connectivity index (χ0v) is 18.6. The van der Waals surface area contributed by atoms with Crippen LogP contribution in [0.5, 0.6) is 5.75 Å². The zero-order valence-electron chi connectivity index (χ0n) is 17.1. The maximum absolute atomic E-state index is 12.8. The first-order valence-electron chi connectivity index (χ1n) is 10.4. The highest BCUT2D eigenvalue weighted by Crippen LogP contribution is 2.27. The predicted molar refractivity (Wildman–Crippen MR) is 118 cm³/mol. The molecule has 2 aliphatic heterocycles. The molecule has 1 N–H and O–H groups in total. The van der Waals surface area contributed by atoms with Crippen LogP contribution < -0.4 is 10.1 Å². The van der Waals surface area contributed by atoms with Gasteiger partial charge in [0.15, 0.2) is 0 Å². The lowest BCUT2D eigenvalue weighted by atomic mass is 10.2. The molecule has 0 bridgehead atoms. The number of carbonyl (C=O) groups excluding carboxylic acids is 1. The molecule has 1 atom stereocenters. The largest absolute Gasteiger partial charge is 0.491 e. The minimum atomic E-state index is -3.64. The molecule has 0 aromatic heterocycles. The fourth-order valence-corrected chi connectivity index (χ4v) is 5.49. The predicted octanol–water partition coefficient (Wildman–Crippen LogP) is 3.93. The van der Waals surface area contributed by atoms with Crippen molar-refractivity contribution in [2.45, 2.75) is 36.7 Å². The van der Waals surface area contributed by atoms with Crippen molar-refractivity contribution in [3.8, 4) is 5.75 Å². The summed E-state index contributed by atoms with van der Waals surface area (Å²) in [5.74, 6) is 0.129. The number of anilines is 1. The van der Waals surface area contributed by atoms with E-state index in [1.165, 1.54) is 22.5 Å². The summed E-state index contributed by atoms with van der Waals surface area (Å²) in [4.78, 5) is 12.9. The van der Waals surface area contributed by atoms with Gasteiger partial charge in [-0.3, -0.25) is 4.79 Å². The van der Waals surface area contributed by atoms with E-state index in [0.717, 1.165) is 32.3 Å². The fourth-order valence-electron chi connectivity index (χ4n) is 3.74. The summed E-state index contributed by atoms with van der Waals surface area (Å²) in [6, 6.07) is 11.2. The molecule has 2 heterocycles. The van der Waals surface area contributed by atoms with Gasteiger partial charge in [0.05, 0.1) is 21.6 Å². The number of benzene rings is 2. The van der Waals surface area contributed by atoms with Gasteiger partial charge in [0.25, 0.3) is 5.91 Å². The molecule has 7 nitrogen and oxygen atoms in total. The molecule has 1 unspecified atom stereocenters. The Kier molecular flexibility index (Phi) is 6.81. The number of halogens is 1. The Bertz CT molecular complexity index is 1050.